The third-order valence-corrected chi connectivity index (χ3v) is 1.16. The maximum Gasteiger partial charge on any atom is 0.0897 e. The molecule has 0 fully saturated rings. The van der Waals surface area contributed by atoms with Gasteiger partial charge in [0.25, 0.3) is 0 Å². The van der Waals surface area contributed by atoms with Gasteiger partial charge in [-0.3, -0.25) is 0 Å². The minimum absolute atomic E-state index is 0.126. The lowest BCUT2D eigenvalue weighted by Crippen LogP contribution is -1.67. The average Bonchev–Trinajstić information content (AvgIpc) is 2.28. The number of hydrogen-bond acceptors (Lipinski definition) is 2. The Kier molecular flexibility index (Phi) is 0.305. The van der Waals surface area contributed by atoms with Gasteiger partial charge in [-0.1, -0.05) is 0 Å². The summed E-state index contributed by atoms with van der Waals surface area (Å²) in [5.74, 6) is 0. The van der Waals surface area contributed by atoms with Gasteiger partial charge >= 0.3 is 0 Å². The zero-order chi connectivity index (χ0) is 10.3. The summed E-state index contributed by atoms with van der Waals surface area (Å²) in [6.07, 6.45) is 0. The minimum Gasteiger partial charge on any atom is -0.247 e. The number of aryl methyl sites for hydroxylation is 2. The van der Waals surface area contributed by atoms with Crippen LogP contribution < -0.4 is 0 Å². The van der Waals surface area contributed by atoms with E-state index in [9.17, 15) is 0 Å². The first-order chi connectivity index (χ1) is 5.71. The van der Waals surface area contributed by atoms with E-state index in [0.29, 0.717) is 0 Å². The molecule has 0 aliphatic heterocycles. The highest BCUT2D eigenvalue weighted by Gasteiger charge is 1.85. The van der Waals surface area contributed by atoms with E-state index < -0.39 is 13.7 Å². The molecule has 0 bridgehead atoms. The monoisotopic (exact) mass is 119 g/mol. The average molecular weight is 119 g/mol. The van der Waals surface area contributed by atoms with Gasteiger partial charge in [-0.25, -0.2) is 4.98 Å². The van der Waals surface area contributed by atoms with Gasteiger partial charge in [0.1, 0.15) is 0 Å². The van der Waals surface area contributed by atoms with Gasteiger partial charge in [0, 0.05) is 19.3 Å². The van der Waals surface area contributed by atoms with Crippen molar-refractivity contribution in [3.63, 3.8) is 0 Å². The van der Waals surface area contributed by atoms with Gasteiger partial charge in [0.15, 0.2) is 0 Å². The van der Waals surface area contributed by atoms with Crippen LogP contribution in [0.5, 0.6) is 0 Å². The number of hydrogen-bond donors (Lipinski definition) is 0. The van der Waals surface area contributed by atoms with Crippen LogP contribution >= 0.6 is 11.3 Å². The van der Waals surface area contributed by atoms with E-state index in [1.165, 1.54) is 5.38 Å². The van der Waals surface area contributed by atoms with Gasteiger partial charge in [-0.05, 0) is 13.7 Å². The number of nitrogens with zero attached hydrogens (tertiary/aromatic N) is 1. The molecule has 38 valence electrons. The second-order valence-electron chi connectivity index (χ2n) is 1.04. The molecule has 1 aromatic heterocycles. The lowest BCUT2D eigenvalue weighted by Gasteiger charge is -1.71. The molecule has 0 saturated heterocycles. The van der Waals surface area contributed by atoms with Crippen LogP contribution in [0, 0.1) is 13.7 Å². The molecule has 7 heavy (non-hydrogen) atoms. The van der Waals surface area contributed by atoms with Crippen molar-refractivity contribution in [2.75, 3.05) is 0 Å². The van der Waals surface area contributed by atoms with E-state index in [1.54, 1.807) is 0 Å². The van der Waals surface area contributed by atoms with Crippen LogP contribution in [0.3, 0.4) is 0 Å². The summed E-state index contributed by atoms with van der Waals surface area (Å²) in [5.41, 5.74) is -0.149. The molecule has 2 heteroatoms. The van der Waals surface area contributed by atoms with Crippen molar-refractivity contribution in [3.05, 3.63) is 16.1 Å². The Balaban J connectivity index is 3.01. The van der Waals surface area contributed by atoms with Crippen LogP contribution in [0.25, 0.3) is 0 Å². The quantitative estimate of drug-likeness (QED) is 0.507. The maximum absolute atomic E-state index is 6.99. The normalized spacial score (nSPS) is 25.7. The van der Waals surface area contributed by atoms with Gasteiger partial charge in [-0.15, -0.1) is 11.3 Å². The molecular formula is C5H7NS. The maximum atomic E-state index is 6.99. The number of rotatable bonds is 0. The molecule has 0 aliphatic carbocycles. The van der Waals surface area contributed by atoms with Gasteiger partial charge in [-0.2, -0.15) is 0 Å². The molecule has 0 atom stereocenters. The van der Waals surface area contributed by atoms with E-state index in [2.05, 4.69) is 4.98 Å². The van der Waals surface area contributed by atoms with Crippen molar-refractivity contribution in [1.29, 1.82) is 0 Å². The van der Waals surface area contributed by atoms with Crippen LogP contribution in [0.1, 0.15) is 18.9 Å². The molecule has 1 rings (SSSR count). The second kappa shape index (κ2) is 1.62. The van der Waals surface area contributed by atoms with E-state index in [1.807, 2.05) is 0 Å². The Hall–Kier alpha value is -0.370. The predicted molar refractivity (Wildman–Crippen MR) is 31.6 cm³/mol. The zero-order valence-electron chi connectivity index (χ0n) is 9.43. The van der Waals surface area contributed by atoms with E-state index in [4.69, 9.17) is 8.22 Å². The topological polar surface area (TPSA) is 12.9 Å². The molecule has 0 radical (unpaired) electrons. The molecule has 0 amide bonds. The first kappa shape index (κ1) is 1.32. The molecule has 0 unspecified atom stereocenters. The fourth-order valence-electron chi connectivity index (χ4n) is 0.274. The number of aromatic nitrogens is 1. The molecular weight excluding hydrogens is 106 g/mol. The van der Waals surface area contributed by atoms with Gasteiger partial charge in [0.05, 0.1) is 5.01 Å². The molecule has 0 N–H and O–H groups in total. The third kappa shape index (κ3) is 0.996. The van der Waals surface area contributed by atoms with Crippen LogP contribution in [0.2, 0.25) is 0 Å². The van der Waals surface area contributed by atoms with Crippen LogP contribution in [0.4, 0.5) is 0 Å². The second-order valence-corrected chi connectivity index (χ2v) is 1.90. The first-order valence-electron chi connectivity index (χ1n) is 4.68. The summed E-state index contributed by atoms with van der Waals surface area (Å²) in [5, 5.41) is 1.13. The Bertz CT molecular complexity index is 268. The first-order valence-corrected chi connectivity index (χ1v) is 2.56. The third-order valence-electron chi connectivity index (χ3n) is 0.504. The zero-order valence-corrected chi connectivity index (χ0v) is 4.25. The van der Waals surface area contributed by atoms with Crippen molar-refractivity contribution >= 4 is 11.3 Å². The molecule has 1 aromatic rings. The smallest absolute Gasteiger partial charge is 0.0897 e. The molecule has 0 aliphatic rings. The standard InChI is InChI=1S/C5H7NS/c1-4-3-7-5(2)6-4/h3H,1-2H3/i1D3,2D3. The Morgan fingerprint density at radius 2 is 2.86 bits per heavy atom. The summed E-state index contributed by atoms with van der Waals surface area (Å²) in [7, 11) is 0. The summed E-state index contributed by atoms with van der Waals surface area (Å²) < 4.78 is 41.9. The highest BCUT2D eigenvalue weighted by atomic mass is 32.1. The summed E-state index contributed by atoms with van der Waals surface area (Å²) in [6, 6.07) is 0. The predicted octanol–water partition coefficient (Wildman–Crippen LogP) is 1.76. The van der Waals surface area contributed by atoms with Gasteiger partial charge < -0.3 is 0 Å². The van der Waals surface area contributed by atoms with Crippen LogP contribution in [-0.2, 0) is 0 Å². The largest absolute Gasteiger partial charge is 0.247 e. The van der Waals surface area contributed by atoms with Crippen molar-refractivity contribution in [1.82, 2.24) is 4.98 Å². The summed E-state index contributed by atoms with van der Waals surface area (Å²) in [4.78, 5) is 3.55. The van der Waals surface area contributed by atoms with Crippen LogP contribution in [0.15, 0.2) is 5.38 Å². The summed E-state index contributed by atoms with van der Waals surface area (Å²) in [6.45, 7) is -4.63. The van der Waals surface area contributed by atoms with Crippen molar-refractivity contribution in [2.24, 2.45) is 0 Å². The van der Waals surface area contributed by atoms with Crippen molar-refractivity contribution < 1.29 is 8.22 Å². The van der Waals surface area contributed by atoms with Crippen LogP contribution in [-0.4, -0.2) is 4.98 Å². The molecule has 0 aromatic carbocycles. The summed E-state index contributed by atoms with van der Waals surface area (Å²) >= 11 is 0.850. The Morgan fingerprint density at radius 3 is 3.29 bits per heavy atom. The minimum atomic E-state index is -2.32. The highest BCUT2D eigenvalue weighted by molar-refractivity contribution is 7.09. The SMILES string of the molecule is [2H]C([2H])([2H])c1csc(C([2H])([2H])[2H])n1. The Morgan fingerprint density at radius 1 is 1.86 bits per heavy atom. The van der Waals surface area contributed by atoms with E-state index in [-0.39, 0.29) is 10.7 Å². The molecule has 1 heterocycles. The highest BCUT2D eigenvalue weighted by Crippen LogP contribution is 2.04. The lowest BCUT2D eigenvalue weighted by atomic mass is 10.6. The fourth-order valence-corrected chi connectivity index (χ4v) is 0.701. The van der Waals surface area contributed by atoms with Gasteiger partial charge in [0.2, 0.25) is 0 Å². The lowest BCUT2D eigenvalue weighted by molar-refractivity contribution is 1.20. The number of thiazole rings is 1. The Labute approximate surface area is 55.5 Å². The fraction of sp³-hybridized carbons (Fsp3) is 0.400. The molecule has 0 spiro atoms. The van der Waals surface area contributed by atoms with Crippen molar-refractivity contribution in [3.8, 4) is 0 Å². The van der Waals surface area contributed by atoms with E-state index in [0.717, 1.165) is 11.3 Å². The van der Waals surface area contributed by atoms with E-state index >= 15 is 0 Å². The molecule has 1 nitrogen and oxygen atoms in total. The molecule has 0 saturated carbocycles. The van der Waals surface area contributed by atoms with Crippen molar-refractivity contribution in [2.45, 2.75) is 13.7 Å².